The molecule has 0 amide bonds. The first-order valence-corrected chi connectivity index (χ1v) is 5.20. The Morgan fingerprint density at radius 1 is 1.58 bits per heavy atom. The largest absolute Gasteiger partial charge is 0.337 e. The molecular formula is C9H12N2S. The van der Waals surface area contributed by atoms with Crippen LogP contribution in [0.5, 0.6) is 0 Å². The molecule has 1 aliphatic carbocycles. The zero-order chi connectivity index (χ0) is 8.39. The predicted octanol–water partition coefficient (Wildman–Crippen LogP) is 2.18. The standard InChI is InChI=1S/C9H12N2S/c1-2-6-12-9-10-7-4-3-5-8(7)11-9/h2H,1,3-6H2,(H,10,11). The molecule has 0 bridgehead atoms. The molecule has 64 valence electrons. The molecule has 1 N–H and O–H groups in total. The van der Waals surface area contributed by atoms with E-state index in [1.165, 1.54) is 24.2 Å². The average Bonchev–Trinajstić information content (AvgIpc) is 2.58. The number of rotatable bonds is 3. The third kappa shape index (κ3) is 1.41. The van der Waals surface area contributed by atoms with Gasteiger partial charge in [0.1, 0.15) is 0 Å². The summed E-state index contributed by atoms with van der Waals surface area (Å²) >= 11 is 1.72. The van der Waals surface area contributed by atoms with Crippen LogP contribution < -0.4 is 0 Å². The Hall–Kier alpha value is -0.700. The zero-order valence-corrected chi connectivity index (χ0v) is 7.78. The highest BCUT2D eigenvalue weighted by atomic mass is 32.2. The van der Waals surface area contributed by atoms with E-state index in [9.17, 15) is 0 Å². The number of hydrogen-bond donors (Lipinski definition) is 1. The summed E-state index contributed by atoms with van der Waals surface area (Å²) in [6, 6.07) is 0. The number of aromatic amines is 1. The summed E-state index contributed by atoms with van der Waals surface area (Å²) in [6.07, 6.45) is 5.50. The van der Waals surface area contributed by atoms with Crippen molar-refractivity contribution in [3.05, 3.63) is 24.0 Å². The molecule has 2 rings (SSSR count). The van der Waals surface area contributed by atoms with Gasteiger partial charge in [-0.25, -0.2) is 4.98 Å². The molecule has 1 aromatic heterocycles. The lowest BCUT2D eigenvalue weighted by Crippen LogP contribution is -1.81. The monoisotopic (exact) mass is 180 g/mol. The Kier molecular flexibility index (Phi) is 2.21. The quantitative estimate of drug-likeness (QED) is 0.570. The number of nitrogens with zero attached hydrogens (tertiary/aromatic N) is 1. The fraction of sp³-hybridized carbons (Fsp3) is 0.444. The number of fused-ring (bicyclic) bond motifs is 1. The normalized spacial score (nSPS) is 14.7. The molecule has 0 atom stereocenters. The molecule has 0 saturated heterocycles. The van der Waals surface area contributed by atoms with Crippen molar-refractivity contribution in [3.8, 4) is 0 Å². The van der Waals surface area contributed by atoms with Gasteiger partial charge in [0.05, 0.1) is 5.69 Å². The number of thioether (sulfide) groups is 1. The molecule has 0 aromatic carbocycles. The Labute approximate surface area is 76.5 Å². The minimum atomic E-state index is 0.937. The van der Waals surface area contributed by atoms with Crippen molar-refractivity contribution < 1.29 is 0 Å². The van der Waals surface area contributed by atoms with Crippen molar-refractivity contribution in [3.63, 3.8) is 0 Å². The molecule has 0 unspecified atom stereocenters. The molecule has 12 heavy (non-hydrogen) atoms. The Balaban J connectivity index is 2.09. The number of nitrogens with one attached hydrogen (secondary N) is 1. The van der Waals surface area contributed by atoms with E-state index in [4.69, 9.17) is 0 Å². The van der Waals surface area contributed by atoms with Gasteiger partial charge in [0.2, 0.25) is 0 Å². The molecule has 1 aliphatic rings. The van der Waals surface area contributed by atoms with Crippen LogP contribution >= 0.6 is 11.8 Å². The van der Waals surface area contributed by atoms with E-state index in [-0.39, 0.29) is 0 Å². The maximum atomic E-state index is 4.49. The third-order valence-corrected chi connectivity index (χ3v) is 2.89. The molecule has 0 radical (unpaired) electrons. The number of hydrogen-bond acceptors (Lipinski definition) is 2. The molecule has 3 heteroatoms. The van der Waals surface area contributed by atoms with Crippen LogP contribution in [-0.2, 0) is 12.8 Å². The molecule has 0 aliphatic heterocycles. The first-order chi connectivity index (χ1) is 5.90. The molecular weight excluding hydrogens is 168 g/mol. The van der Waals surface area contributed by atoms with Crippen LogP contribution in [-0.4, -0.2) is 15.7 Å². The molecule has 1 heterocycles. The van der Waals surface area contributed by atoms with Crippen molar-refractivity contribution in [1.82, 2.24) is 9.97 Å². The third-order valence-electron chi connectivity index (χ3n) is 2.02. The summed E-state index contributed by atoms with van der Waals surface area (Å²) in [5.74, 6) is 0.937. The van der Waals surface area contributed by atoms with Crippen LogP contribution in [0.25, 0.3) is 0 Å². The maximum absolute atomic E-state index is 4.49. The molecule has 0 spiro atoms. The van der Waals surface area contributed by atoms with Gasteiger partial charge in [-0.15, -0.1) is 6.58 Å². The topological polar surface area (TPSA) is 28.7 Å². The van der Waals surface area contributed by atoms with E-state index < -0.39 is 0 Å². The molecule has 0 fully saturated rings. The minimum Gasteiger partial charge on any atom is -0.337 e. The van der Waals surface area contributed by atoms with Crippen LogP contribution in [0.4, 0.5) is 0 Å². The summed E-state index contributed by atoms with van der Waals surface area (Å²) in [7, 11) is 0. The van der Waals surface area contributed by atoms with Gasteiger partial charge in [-0.3, -0.25) is 0 Å². The Morgan fingerprint density at radius 3 is 3.25 bits per heavy atom. The summed E-state index contributed by atoms with van der Waals surface area (Å²) in [6.45, 7) is 3.68. The van der Waals surface area contributed by atoms with Crippen molar-refractivity contribution in [2.75, 3.05) is 5.75 Å². The average molecular weight is 180 g/mol. The van der Waals surface area contributed by atoms with Crippen LogP contribution in [0.1, 0.15) is 17.8 Å². The second-order valence-corrected chi connectivity index (χ2v) is 3.93. The number of H-pyrrole nitrogens is 1. The van der Waals surface area contributed by atoms with Crippen LogP contribution in [0.3, 0.4) is 0 Å². The molecule has 0 saturated carbocycles. The van der Waals surface area contributed by atoms with Gasteiger partial charge in [0.15, 0.2) is 5.16 Å². The van der Waals surface area contributed by atoms with Gasteiger partial charge < -0.3 is 4.98 Å². The fourth-order valence-electron chi connectivity index (χ4n) is 1.47. The second kappa shape index (κ2) is 3.35. The molecule has 1 aromatic rings. The summed E-state index contributed by atoms with van der Waals surface area (Å²) in [4.78, 5) is 7.82. The minimum absolute atomic E-state index is 0.937. The summed E-state index contributed by atoms with van der Waals surface area (Å²) in [5.41, 5.74) is 2.63. The van der Waals surface area contributed by atoms with Crippen LogP contribution in [0, 0.1) is 0 Å². The van der Waals surface area contributed by atoms with E-state index in [1.807, 2.05) is 6.08 Å². The van der Waals surface area contributed by atoms with E-state index in [0.717, 1.165) is 17.3 Å². The maximum Gasteiger partial charge on any atom is 0.166 e. The number of aromatic nitrogens is 2. The Morgan fingerprint density at radius 2 is 2.50 bits per heavy atom. The van der Waals surface area contributed by atoms with Gasteiger partial charge >= 0.3 is 0 Å². The van der Waals surface area contributed by atoms with Gasteiger partial charge in [-0.1, -0.05) is 17.8 Å². The van der Waals surface area contributed by atoms with Gasteiger partial charge in [-0.2, -0.15) is 0 Å². The van der Waals surface area contributed by atoms with Gasteiger partial charge in [0, 0.05) is 11.4 Å². The van der Waals surface area contributed by atoms with E-state index >= 15 is 0 Å². The highest BCUT2D eigenvalue weighted by Crippen LogP contribution is 2.23. The fourth-order valence-corrected chi connectivity index (χ4v) is 2.12. The van der Waals surface area contributed by atoms with Gasteiger partial charge in [0.25, 0.3) is 0 Å². The van der Waals surface area contributed by atoms with Crippen molar-refractivity contribution in [2.45, 2.75) is 24.4 Å². The number of imidazole rings is 1. The zero-order valence-electron chi connectivity index (χ0n) is 6.97. The highest BCUT2D eigenvalue weighted by molar-refractivity contribution is 7.99. The van der Waals surface area contributed by atoms with Crippen molar-refractivity contribution in [2.24, 2.45) is 0 Å². The van der Waals surface area contributed by atoms with Crippen molar-refractivity contribution in [1.29, 1.82) is 0 Å². The number of aryl methyl sites for hydroxylation is 2. The van der Waals surface area contributed by atoms with Crippen molar-refractivity contribution >= 4 is 11.8 Å². The van der Waals surface area contributed by atoms with E-state index in [1.54, 1.807) is 11.8 Å². The first kappa shape index (κ1) is 7.92. The lowest BCUT2D eigenvalue weighted by molar-refractivity contribution is 0.845. The van der Waals surface area contributed by atoms with Gasteiger partial charge in [-0.05, 0) is 19.3 Å². The van der Waals surface area contributed by atoms with E-state index in [0.29, 0.717) is 0 Å². The lowest BCUT2D eigenvalue weighted by Gasteiger charge is -1.91. The predicted molar refractivity (Wildman–Crippen MR) is 51.5 cm³/mol. The SMILES string of the molecule is C=CCSc1nc2c([nH]1)CCC2. The smallest absolute Gasteiger partial charge is 0.166 e. The first-order valence-electron chi connectivity index (χ1n) is 4.21. The Bertz CT molecular complexity index is 269. The highest BCUT2D eigenvalue weighted by Gasteiger charge is 2.15. The summed E-state index contributed by atoms with van der Waals surface area (Å²) in [5, 5.41) is 1.06. The molecule has 2 nitrogen and oxygen atoms in total. The second-order valence-electron chi connectivity index (χ2n) is 2.92. The van der Waals surface area contributed by atoms with Crippen LogP contribution in [0.2, 0.25) is 0 Å². The van der Waals surface area contributed by atoms with Crippen LogP contribution in [0.15, 0.2) is 17.8 Å². The van der Waals surface area contributed by atoms with E-state index in [2.05, 4.69) is 16.5 Å². The lowest BCUT2D eigenvalue weighted by atomic mass is 10.4. The summed E-state index contributed by atoms with van der Waals surface area (Å²) < 4.78 is 0.